The monoisotopic (exact) mass is 231 g/mol. The minimum Gasteiger partial charge on any atom is -0.368 e. The first-order valence-corrected chi connectivity index (χ1v) is 7.92. The second kappa shape index (κ2) is 5.68. The van der Waals surface area contributed by atoms with Gasteiger partial charge in [0.15, 0.2) is 0 Å². The molecule has 1 aromatic rings. The average Bonchev–Trinajstić information content (AvgIpc) is 2.38. The Morgan fingerprint density at radius 1 is 1.38 bits per heavy atom. The Bertz CT molecular complexity index is 402. The van der Waals surface area contributed by atoms with Gasteiger partial charge in [0.1, 0.15) is 9.52 Å². The highest BCUT2D eigenvalue weighted by molar-refractivity contribution is 6.44. The van der Waals surface area contributed by atoms with Crippen molar-refractivity contribution in [2.24, 2.45) is 0 Å². The SMILES string of the molecule is C[SiH2]C#Cc1cncc(N2CCNCC2)c1. The molecule has 0 spiro atoms. The van der Waals surface area contributed by atoms with Crippen LogP contribution in [-0.2, 0) is 0 Å². The van der Waals surface area contributed by atoms with Crippen LogP contribution in [0.1, 0.15) is 5.56 Å². The van der Waals surface area contributed by atoms with Crippen LogP contribution in [0.4, 0.5) is 5.69 Å². The lowest BCUT2D eigenvalue weighted by Gasteiger charge is -2.29. The van der Waals surface area contributed by atoms with Gasteiger partial charge >= 0.3 is 0 Å². The van der Waals surface area contributed by atoms with Crippen molar-refractivity contribution in [3.63, 3.8) is 0 Å². The number of aromatic nitrogens is 1. The summed E-state index contributed by atoms with van der Waals surface area (Å²) in [6.07, 6.45) is 3.78. The van der Waals surface area contributed by atoms with Crippen LogP contribution in [0.3, 0.4) is 0 Å². The number of nitrogens with zero attached hydrogens (tertiary/aromatic N) is 2. The molecule has 2 heterocycles. The number of rotatable bonds is 1. The first-order chi connectivity index (χ1) is 7.90. The fourth-order valence-corrected chi connectivity index (χ4v) is 2.16. The van der Waals surface area contributed by atoms with Gasteiger partial charge in [-0.25, -0.2) is 0 Å². The standard InChI is InChI=1S/C12H17N3Si/c1-16-7-2-11-8-12(10-14-9-11)15-5-3-13-4-6-15/h8-10,13H,3-6,16H2,1H3. The Morgan fingerprint density at radius 3 is 2.94 bits per heavy atom. The smallest absolute Gasteiger partial charge is 0.104 e. The third kappa shape index (κ3) is 2.84. The summed E-state index contributed by atoms with van der Waals surface area (Å²) >= 11 is 0. The van der Waals surface area contributed by atoms with E-state index in [1.54, 1.807) is 0 Å². The van der Waals surface area contributed by atoms with Crippen molar-refractivity contribution in [3.8, 4) is 11.5 Å². The van der Waals surface area contributed by atoms with E-state index in [9.17, 15) is 0 Å². The van der Waals surface area contributed by atoms with Crippen LogP contribution in [-0.4, -0.2) is 40.7 Å². The summed E-state index contributed by atoms with van der Waals surface area (Å²) in [7, 11) is -0.178. The summed E-state index contributed by atoms with van der Waals surface area (Å²) in [5.41, 5.74) is 5.46. The van der Waals surface area contributed by atoms with Crippen molar-refractivity contribution in [1.82, 2.24) is 10.3 Å². The van der Waals surface area contributed by atoms with Crippen molar-refractivity contribution in [2.75, 3.05) is 31.1 Å². The van der Waals surface area contributed by atoms with Crippen LogP contribution in [0.25, 0.3) is 0 Å². The van der Waals surface area contributed by atoms with E-state index in [-0.39, 0.29) is 9.52 Å². The van der Waals surface area contributed by atoms with E-state index < -0.39 is 0 Å². The Hall–Kier alpha value is -1.31. The predicted molar refractivity (Wildman–Crippen MR) is 70.6 cm³/mol. The van der Waals surface area contributed by atoms with Crippen LogP contribution in [0.15, 0.2) is 18.5 Å². The van der Waals surface area contributed by atoms with E-state index >= 15 is 0 Å². The molecule has 0 radical (unpaired) electrons. The van der Waals surface area contributed by atoms with E-state index in [0.29, 0.717) is 0 Å². The number of piperazine rings is 1. The third-order valence-electron chi connectivity index (χ3n) is 2.62. The molecule has 1 aromatic heterocycles. The third-order valence-corrected chi connectivity index (χ3v) is 3.15. The Labute approximate surface area is 99.1 Å². The highest BCUT2D eigenvalue weighted by Crippen LogP contribution is 2.14. The lowest BCUT2D eigenvalue weighted by molar-refractivity contribution is 0.588. The van der Waals surface area contributed by atoms with Crippen LogP contribution in [0.2, 0.25) is 6.55 Å². The van der Waals surface area contributed by atoms with Gasteiger partial charge in [0, 0.05) is 37.9 Å². The van der Waals surface area contributed by atoms with E-state index in [0.717, 1.165) is 31.7 Å². The van der Waals surface area contributed by atoms with Gasteiger partial charge in [0.25, 0.3) is 0 Å². The van der Waals surface area contributed by atoms with E-state index in [1.165, 1.54) is 5.69 Å². The number of hydrogen-bond donors (Lipinski definition) is 1. The van der Waals surface area contributed by atoms with Gasteiger partial charge in [0.05, 0.1) is 11.9 Å². The summed E-state index contributed by atoms with van der Waals surface area (Å²) in [4.78, 5) is 6.62. The molecule has 0 aromatic carbocycles. The maximum Gasteiger partial charge on any atom is 0.104 e. The Morgan fingerprint density at radius 2 is 2.19 bits per heavy atom. The molecule has 4 heteroatoms. The molecular formula is C12H17N3Si. The van der Waals surface area contributed by atoms with Crippen molar-refractivity contribution in [2.45, 2.75) is 6.55 Å². The predicted octanol–water partition coefficient (Wildman–Crippen LogP) is 0.0171. The quantitative estimate of drug-likeness (QED) is 0.545. The zero-order chi connectivity index (χ0) is 11.2. The number of hydrogen-bond acceptors (Lipinski definition) is 3. The molecule has 84 valence electrons. The second-order valence-corrected chi connectivity index (χ2v) is 4.88. The van der Waals surface area contributed by atoms with Crippen molar-refractivity contribution < 1.29 is 0 Å². The highest BCUT2D eigenvalue weighted by Gasteiger charge is 2.10. The number of nitrogens with one attached hydrogen (secondary N) is 1. The van der Waals surface area contributed by atoms with E-state index in [4.69, 9.17) is 0 Å². The lowest BCUT2D eigenvalue weighted by Crippen LogP contribution is -2.43. The zero-order valence-electron chi connectivity index (χ0n) is 9.66. The summed E-state index contributed by atoms with van der Waals surface area (Å²) in [5, 5.41) is 3.35. The van der Waals surface area contributed by atoms with Crippen LogP contribution in [0.5, 0.6) is 0 Å². The van der Waals surface area contributed by atoms with Gasteiger partial charge < -0.3 is 10.2 Å². The van der Waals surface area contributed by atoms with Gasteiger partial charge in [-0.15, -0.1) is 5.54 Å². The molecule has 1 aliphatic heterocycles. The molecule has 3 nitrogen and oxygen atoms in total. The fourth-order valence-electron chi connectivity index (χ4n) is 1.78. The molecule has 0 bridgehead atoms. The molecular weight excluding hydrogens is 214 g/mol. The Balaban J connectivity index is 2.14. The maximum absolute atomic E-state index is 4.26. The molecule has 0 saturated carbocycles. The highest BCUT2D eigenvalue weighted by atomic mass is 28.2. The topological polar surface area (TPSA) is 28.2 Å². The molecule has 1 saturated heterocycles. The molecule has 0 unspecified atom stereocenters. The molecule has 0 atom stereocenters. The molecule has 16 heavy (non-hydrogen) atoms. The minimum atomic E-state index is -0.178. The van der Waals surface area contributed by atoms with Gasteiger partial charge in [-0.2, -0.15) is 0 Å². The summed E-state index contributed by atoms with van der Waals surface area (Å²) < 4.78 is 0. The van der Waals surface area contributed by atoms with Crippen LogP contribution >= 0.6 is 0 Å². The summed E-state index contributed by atoms with van der Waals surface area (Å²) in [5.74, 6) is 3.18. The van der Waals surface area contributed by atoms with Crippen molar-refractivity contribution >= 4 is 15.2 Å². The molecule has 1 aliphatic rings. The van der Waals surface area contributed by atoms with Crippen molar-refractivity contribution in [1.29, 1.82) is 0 Å². The van der Waals surface area contributed by atoms with Crippen LogP contribution in [0, 0.1) is 11.5 Å². The van der Waals surface area contributed by atoms with E-state index in [1.807, 2.05) is 12.4 Å². The zero-order valence-corrected chi connectivity index (χ0v) is 11.1. The summed E-state index contributed by atoms with van der Waals surface area (Å²) in [6.45, 7) is 6.42. The fraction of sp³-hybridized carbons (Fsp3) is 0.417. The van der Waals surface area contributed by atoms with E-state index in [2.05, 4.69) is 39.3 Å². The van der Waals surface area contributed by atoms with Crippen LogP contribution < -0.4 is 10.2 Å². The molecule has 0 aliphatic carbocycles. The molecule has 2 rings (SSSR count). The maximum atomic E-state index is 4.26. The van der Waals surface area contributed by atoms with Gasteiger partial charge in [0.2, 0.25) is 0 Å². The van der Waals surface area contributed by atoms with Gasteiger partial charge in [-0.05, 0) is 6.07 Å². The lowest BCUT2D eigenvalue weighted by atomic mass is 10.2. The largest absolute Gasteiger partial charge is 0.368 e. The first kappa shape index (κ1) is 11.2. The van der Waals surface area contributed by atoms with Gasteiger partial charge in [-0.1, -0.05) is 12.5 Å². The molecule has 0 amide bonds. The normalized spacial score (nSPS) is 16.2. The van der Waals surface area contributed by atoms with Crippen molar-refractivity contribution in [3.05, 3.63) is 24.0 Å². The second-order valence-electron chi connectivity index (χ2n) is 3.82. The Kier molecular flexibility index (Phi) is 3.97. The molecule has 1 N–H and O–H groups in total. The molecule has 1 fully saturated rings. The number of pyridine rings is 1. The minimum absolute atomic E-state index is 0.178. The first-order valence-electron chi connectivity index (χ1n) is 5.79. The van der Waals surface area contributed by atoms with Gasteiger partial charge in [-0.3, -0.25) is 4.98 Å². The summed E-state index contributed by atoms with van der Waals surface area (Å²) in [6, 6.07) is 2.15. The average molecular weight is 231 g/mol. The number of anilines is 1.